The zero-order valence-electron chi connectivity index (χ0n) is 15.0. The molecule has 0 saturated heterocycles. The molecule has 1 aliphatic carbocycles. The van der Waals surface area contributed by atoms with Crippen molar-refractivity contribution >= 4 is 33.7 Å². The highest BCUT2D eigenvalue weighted by Gasteiger charge is 2.29. The first-order valence-corrected chi connectivity index (χ1v) is 9.83. The van der Waals surface area contributed by atoms with Gasteiger partial charge in [-0.25, -0.2) is 0 Å². The lowest BCUT2D eigenvalue weighted by atomic mass is 9.86. The van der Waals surface area contributed by atoms with Crippen molar-refractivity contribution in [3.8, 4) is 5.75 Å². The van der Waals surface area contributed by atoms with Gasteiger partial charge in [-0.1, -0.05) is 6.92 Å². The molecule has 2 heterocycles. The van der Waals surface area contributed by atoms with E-state index < -0.39 is 0 Å². The summed E-state index contributed by atoms with van der Waals surface area (Å²) in [6.07, 6.45) is 2.98. The highest BCUT2D eigenvalue weighted by atomic mass is 32.1. The molecular weight excluding hydrogens is 348 g/mol. The van der Waals surface area contributed by atoms with E-state index in [1.54, 1.807) is 34.4 Å². The smallest absolute Gasteiger partial charge is 0.265 e. The minimum absolute atomic E-state index is 0.0390. The SMILES string of the molecule is CCN1C(=O)COc2ccc(C(=O)c3c(N)sc4c3CCC(C)C4)cc21. The number of nitrogens with two attached hydrogens (primary N) is 1. The maximum Gasteiger partial charge on any atom is 0.265 e. The van der Waals surface area contributed by atoms with Gasteiger partial charge in [0.15, 0.2) is 12.4 Å². The van der Waals surface area contributed by atoms with E-state index in [0.717, 1.165) is 24.8 Å². The normalized spacial score (nSPS) is 18.9. The van der Waals surface area contributed by atoms with Gasteiger partial charge in [-0.3, -0.25) is 9.59 Å². The van der Waals surface area contributed by atoms with Crippen LogP contribution in [0.3, 0.4) is 0 Å². The number of likely N-dealkylation sites (N-methyl/N-ethyl adjacent to an activating group) is 1. The van der Waals surface area contributed by atoms with Crippen LogP contribution >= 0.6 is 11.3 Å². The second-order valence-electron chi connectivity index (χ2n) is 7.03. The second kappa shape index (κ2) is 6.43. The van der Waals surface area contributed by atoms with E-state index in [-0.39, 0.29) is 18.3 Å². The summed E-state index contributed by atoms with van der Waals surface area (Å²) in [7, 11) is 0. The van der Waals surface area contributed by atoms with E-state index in [2.05, 4.69) is 6.92 Å². The summed E-state index contributed by atoms with van der Waals surface area (Å²) in [4.78, 5) is 28.2. The van der Waals surface area contributed by atoms with Crippen LogP contribution in [0.5, 0.6) is 5.75 Å². The van der Waals surface area contributed by atoms with Crippen LogP contribution < -0.4 is 15.4 Å². The predicted octanol–water partition coefficient (Wildman–Crippen LogP) is 3.43. The number of ketones is 1. The maximum atomic E-state index is 13.2. The van der Waals surface area contributed by atoms with Crippen molar-refractivity contribution in [3.05, 3.63) is 39.8 Å². The molecule has 0 spiro atoms. The fraction of sp³-hybridized carbons (Fsp3) is 0.400. The first-order chi connectivity index (χ1) is 12.5. The third kappa shape index (κ3) is 2.69. The molecule has 0 bridgehead atoms. The molecule has 4 rings (SSSR count). The van der Waals surface area contributed by atoms with Crippen LogP contribution in [-0.2, 0) is 17.6 Å². The second-order valence-corrected chi connectivity index (χ2v) is 8.17. The van der Waals surface area contributed by atoms with Crippen molar-refractivity contribution in [1.29, 1.82) is 0 Å². The molecule has 1 atom stereocenters. The van der Waals surface area contributed by atoms with E-state index >= 15 is 0 Å². The number of benzene rings is 1. The number of thiophene rings is 1. The summed E-state index contributed by atoms with van der Waals surface area (Å²) < 4.78 is 5.49. The third-order valence-electron chi connectivity index (χ3n) is 5.25. The van der Waals surface area contributed by atoms with Crippen LogP contribution in [-0.4, -0.2) is 24.8 Å². The van der Waals surface area contributed by atoms with Crippen molar-refractivity contribution in [3.63, 3.8) is 0 Å². The first-order valence-electron chi connectivity index (χ1n) is 9.01. The number of ether oxygens (including phenoxy) is 1. The quantitative estimate of drug-likeness (QED) is 0.840. The predicted molar refractivity (Wildman–Crippen MR) is 103 cm³/mol. The minimum atomic E-state index is -0.0917. The average Bonchev–Trinajstić information content (AvgIpc) is 2.95. The Balaban J connectivity index is 1.75. The molecule has 0 saturated carbocycles. The van der Waals surface area contributed by atoms with Gasteiger partial charge >= 0.3 is 0 Å². The van der Waals surface area contributed by atoms with Crippen molar-refractivity contribution in [2.75, 3.05) is 23.8 Å². The number of hydrogen-bond donors (Lipinski definition) is 1. The highest BCUT2D eigenvalue weighted by molar-refractivity contribution is 7.16. The number of hydrogen-bond acceptors (Lipinski definition) is 5. The lowest BCUT2D eigenvalue weighted by molar-refractivity contribution is -0.121. The molecule has 136 valence electrons. The standard InChI is InChI=1S/C20H22N2O3S/c1-3-22-14-9-12(5-7-15(14)25-10-17(22)23)19(24)18-13-6-4-11(2)8-16(13)26-20(18)21/h5,7,9,11H,3-4,6,8,10,21H2,1-2H3. The third-order valence-corrected chi connectivity index (χ3v) is 6.33. The summed E-state index contributed by atoms with van der Waals surface area (Å²) in [6, 6.07) is 5.29. The average molecular weight is 370 g/mol. The number of carbonyl (C=O) groups excluding carboxylic acids is 2. The molecule has 1 unspecified atom stereocenters. The molecule has 2 N–H and O–H groups in total. The van der Waals surface area contributed by atoms with Crippen LogP contribution in [0.1, 0.15) is 46.6 Å². The largest absolute Gasteiger partial charge is 0.482 e. The zero-order valence-corrected chi connectivity index (χ0v) is 15.8. The number of nitrogen functional groups attached to an aromatic ring is 1. The molecular formula is C20H22N2O3S. The molecule has 2 aromatic rings. The van der Waals surface area contributed by atoms with Gasteiger partial charge < -0.3 is 15.4 Å². The maximum absolute atomic E-state index is 13.2. The van der Waals surface area contributed by atoms with Gasteiger partial charge in [0.25, 0.3) is 5.91 Å². The molecule has 1 aliphatic heterocycles. The number of fused-ring (bicyclic) bond motifs is 2. The van der Waals surface area contributed by atoms with E-state index in [0.29, 0.717) is 40.0 Å². The van der Waals surface area contributed by atoms with Gasteiger partial charge in [-0.05, 0) is 55.9 Å². The molecule has 5 nitrogen and oxygen atoms in total. The lowest BCUT2D eigenvalue weighted by Crippen LogP contribution is -2.38. The summed E-state index contributed by atoms with van der Waals surface area (Å²) in [5, 5.41) is 0.603. The van der Waals surface area contributed by atoms with Crippen molar-refractivity contribution in [2.24, 2.45) is 5.92 Å². The molecule has 1 aromatic heterocycles. The topological polar surface area (TPSA) is 72.6 Å². The Kier molecular flexibility index (Phi) is 4.23. The van der Waals surface area contributed by atoms with Crippen LogP contribution in [0.2, 0.25) is 0 Å². The van der Waals surface area contributed by atoms with Crippen molar-refractivity contribution < 1.29 is 14.3 Å². The molecule has 0 fully saturated rings. The van der Waals surface area contributed by atoms with Gasteiger partial charge in [0.2, 0.25) is 0 Å². The van der Waals surface area contributed by atoms with E-state index in [9.17, 15) is 9.59 Å². The van der Waals surface area contributed by atoms with Gasteiger partial charge in [0.05, 0.1) is 16.3 Å². The number of rotatable bonds is 3. The molecule has 26 heavy (non-hydrogen) atoms. The minimum Gasteiger partial charge on any atom is -0.482 e. The van der Waals surface area contributed by atoms with Crippen LogP contribution in [0.4, 0.5) is 10.7 Å². The number of carbonyl (C=O) groups is 2. The van der Waals surface area contributed by atoms with Gasteiger partial charge in [-0.15, -0.1) is 11.3 Å². The zero-order chi connectivity index (χ0) is 18.4. The Labute approximate surface area is 156 Å². The van der Waals surface area contributed by atoms with Crippen LogP contribution in [0, 0.1) is 5.92 Å². The van der Waals surface area contributed by atoms with Crippen LogP contribution in [0.15, 0.2) is 18.2 Å². The van der Waals surface area contributed by atoms with Gasteiger partial charge in [0.1, 0.15) is 5.75 Å². The fourth-order valence-corrected chi connectivity index (χ4v) is 5.13. The Hall–Kier alpha value is -2.34. The van der Waals surface area contributed by atoms with Crippen LogP contribution in [0.25, 0.3) is 0 Å². The summed E-state index contributed by atoms with van der Waals surface area (Å²) >= 11 is 1.55. The summed E-state index contributed by atoms with van der Waals surface area (Å²) in [5.74, 6) is 1.11. The van der Waals surface area contributed by atoms with E-state index in [1.165, 1.54) is 4.88 Å². The van der Waals surface area contributed by atoms with Crippen molar-refractivity contribution in [2.45, 2.75) is 33.1 Å². The Morgan fingerprint density at radius 1 is 1.42 bits per heavy atom. The Morgan fingerprint density at radius 3 is 3.00 bits per heavy atom. The summed E-state index contributed by atoms with van der Waals surface area (Å²) in [6.45, 7) is 4.73. The molecule has 0 radical (unpaired) electrons. The number of amides is 1. The molecule has 6 heteroatoms. The Morgan fingerprint density at radius 2 is 2.23 bits per heavy atom. The van der Waals surface area contributed by atoms with E-state index in [1.807, 2.05) is 6.92 Å². The number of anilines is 2. The van der Waals surface area contributed by atoms with E-state index in [4.69, 9.17) is 10.5 Å². The van der Waals surface area contributed by atoms with Crippen molar-refractivity contribution in [1.82, 2.24) is 0 Å². The first kappa shape index (κ1) is 17.1. The fourth-order valence-electron chi connectivity index (χ4n) is 3.86. The lowest BCUT2D eigenvalue weighted by Gasteiger charge is -2.28. The molecule has 1 amide bonds. The Bertz CT molecular complexity index is 903. The molecule has 2 aliphatic rings. The van der Waals surface area contributed by atoms with Gasteiger partial charge in [0, 0.05) is 17.0 Å². The monoisotopic (exact) mass is 370 g/mol. The van der Waals surface area contributed by atoms with Gasteiger partial charge in [-0.2, -0.15) is 0 Å². The highest BCUT2D eigenvalue weighted by Crippen LogP contribution is 2.40. The number of nitrogens with zero attached hydrogens (tertiary/aromatic N) is 1. The summed E-state index contributed by atoms with van der Waals surface area (Å²) in [5.41, 5.74) is 9.21. The molecule has 1 aromatic carbocycles.